The molecule has 0 aromatic carbocycles. The molecule has 0 radical (unpaired) electrons. The summed E-state index contributed by atoms with van der Waals surface area (Å²) in [5, 5.41) is 0. The Kier molecular flexibility index (Phi) is 9.36. The van der Waals surface area contributed by atoms with Gasteiger partial charge in [0.1, 0.15) is 10.9 Å². The molecule has 7 heteroatoms. The lowest BCUT2D eigenvalue weighted by atomic mass is 9.81. The Bertz CT molecular complexity index is 953. The van der Waals surface area contributed by atoms with Gasteiger partial charge in [-0.3, -0.25) is 14.5 Å². The number of nitrogens with zero attached hydrogens (tertiary/aromatic N) is 2. The predicted octanol–water partition coefficient (Wildman–Crippen LogP) is 5.20. The van der Waals surface area contributed by atoms with Gasteiger partial charge in [0, 0.05) is 25.4 Å². The lowest BCUT2D eigenvalue weighted by Crippen LogP contribution is -2.54. The van der Waals surface area contributed by atoms with Crippen molar-refractivity contribution >= 4 is 34.8 Å². The van der Waals surface area contributed by atoms with Gasteiger partial charge in [0.25, 0.3) is 0 Å². The number of carbonyl (C=O) groups is 3. The second-order valence-electron chi connectivity index (χ2n) is 10.9. The van der Waals surface area contributed by atoms with Crippen LogP contribution in [0.3, 0.4) is 0 Å². The monoisotopic (exact) mass is 488 g/mol. The summed E-state index contributed by atoms with van der Waals surface area (Å²) in [5.41, 5.74) is 0.207. The van der Waals surface area contributed by atoms with E-state index < -0.39 is 12.0 Å². The molecule has 2 amide bonds. The molecule has 2 rings (SSSR count). The second kappa shape index (κ2) is 11.4. The standard InChI is InChI=1S/C27H40N2O4S/c1-17(2)22(25(31)28(7)8)29(24(30)19-12-10-18(3)11-13-19)21-16-20(14-15-27(4,5)6)34-23(21)26(32)33-9/h16-19,22H,10-13H2,1-9H3/t18-,19-,22-/m1/s1. The molecular formula is C27H40N2O4S. The van der Waals surface area contributed by atoms with Crippen molar-refractivity contribution in [2.75, 3.05) is 26.1 Å². The first-order valence-corrected chi connectivity index (χ1v) is 12.9. The molecule has 6 nitrogen and oxygen atoms in total. The highest BCUT2D eigenvalue weighted by molar-refractivity contribution is 7.15. The van der Waals surface area contributed by atoms with Crippen molar-refractivity contribution in [1.82, 2.24) is 4.90 Å². The van der Waals surface area contributed by atoms with E-state index in [1.165, 1.54) is 23.3 Å². The van der Waals surface area contributed by atoms with Gasteiger partial charge in [-0.25, -0.2) is 4.79 Å². The molecule has 34 heavy (non-hydrogen) atoms. The first kappa shape index (κ1) is 27.9. The first-order chi connectivity index (χ1) is 15.8. The Morgan fingerprint density at radius 1 is 1.12 bits per heavy atom. The summed E-state index contributed by atoms with van der Waals surface area (Å²) in [6.07, 6.45) is 3.53. The van der Waals surface area contributed by atoms with Gasteiger partial charge in [0.05, 0.1) is 17.7 Å². The molecule has 1 aliphatic carbocycles. The van der Waals surface area contributed by atoms with Crippen molar-refractivity contribution in [2.24, 2.45) is 23.2 Å². The van der Waals surface area contributed by atoms with Crippen LogP contribution in [0.4, 0.5) is 5.69 Å². The van der Waals surface area contributed by atoms with Gasteiger partial charge >= 0.3 is 5.97 Å². The molecule has 1 atom stereocenters. The minimum atomic E-state index is -0.733. The Balaban J connectivity index is 2.70. The van der Waals surface area contributed by atoms with Crippen molar-refractivity contribution in [3.05, 3.63) is 15.8 Å². The minimum absolute atomic E-state index is 0.0981. The van der Waals surface area contributed by atoms with Gasteiger partial charge in [0.2, 0.25) is 11.8 Å². The van der Waals surface area contributed by atoms with Gasteiger partial charge < -0.3 is 9.64 Å². The molecule has 1 fully saturated rings. The number of amides is 2. The maximum atomic E-state index is 14.0. The molecule has 1 aromatic heterocycles. The molecule has 1 aliphatic rings. The van der Waals surface area contributed by atoms with Crippen LogP contribution < -0.4 is 4.90 Å². The molecule has 0 saturated heterocycles. The molecule has 0 bridgehead atoms. The highest BCUT2D eigenvalue weighted by Gasteiger charge is 2.40. The summed E-state index contributed by atoms with van der Waals surface area (Å²) in [4.78, 5) is 44.2. The molecule has 0 aliphatic heterocycles. The van der Waals surface area contributed by atoms with Crippen molar-refractivity contribution in [1.29, 1.82) is 0 Å². The summed E-state index contributed by atoms with van der Waals surface area (Å²) < 4.78 is 5.06. The number of ether oxygens (including phenoxy) is 1. The van der Waals surface area contributed by atoms with E-state index in [0.29, 0.717) is 21.4 Å². The van der Waals surface area contributed by atoms with Crippen LogP contribution in [0.5, 0.6) is 0 Å². The molecular weight excluding hydrogens is 448 g/mol. The van der Waals surface area contributed by atoms with Crippen LogP contribution in [-0.2, 0) is 14.3 Å². The number of carbonyl (C=O) groups excluding carboxylic acids is 3. The maximum absolute atomic E-state index is 14.0. The third-order valence-electron chi connectivity index (χ3n) is 6.11. The fraction of sp³-hybridized carbons (Fsp3) is 0.667. The van der Waals surface area contributed by atoms with E-state index in [9.17, 15) is 14.4 Å². The Morgan fingerprint density at radius 2 is 1.71 bits per heavy atom. The number of rotatable bonds is 6. The van der Waals surface area contributed by atoms with Gasteiger partial charge in [-0.05, 0) is 64.4 Å². The molecule has 1 aromatic rings. The zero-order chi connectivity index (χ0) is 25.8. The summed E-state index contributed by atoms with van der Waals surface area (Å²) in [5.74, 6) is 5.80. The molecule has 1 heterocycles. The van der Waals surface area contributed by atoms with Gasteiger partial charge in [-0.15, -0.1) is 11.3 Å². The molecule has 0 unspecified atom stereocenters. The van der Waals surface area contributed by atoms with E-state index in [4.69, 9.17) is 4.74 Å². The van der Waals surface area contributed by atoms with E-state index in [1.54, 1.807) is 25.1 Å². The van der Waals surface area contributed by atoms with E-state index in [2.05, 4.69) is 18.8 Å². The number of anilines is 1. The average Bonchev–Trinajstić information content (AvgIpc) is 3.18. The van der Waals surface area contributed by atoms with E-state index >= 15 is 0 Å². The maximum Gasteiger partial charge on any atom is 0.350 e. The fourth-order valence-corrected chi connectivity index (χ4v) is 5.10. The quantitative estimate of drug-likeness (QED) is 0.408. The smallest absolute Gasteiger partial charge is 0.350 e. The third-order valence-corrected chi connectivity index (χ3v) is 7.13. The highest BCUT2D eigenvalue weighted by atomic mass is 32.1. The van der Waals surface area contributed by atoms with Crippen LogP contribution in [0, 0.1) is 35.0 Å². The van der Waals surface area contributed by atoms with Gasteiger partial charge in [-0.2, -0.15) is 0 Å². The van der Waals surface area contributed by atoms with Crippen LogP contribution in [0.2, 0.25) is 0 Å². The van der Waals surface area contributed by atoms with Crippen molar-refractivity contribution in [2.45, 2.75) is 73.3 Å². The van der Waals surface area contributed by atoms with E-state index in [-0.39, 0.29) is 29.1 Å². The lowest BCUT2D eigenvalue weighted by molar-refractivity contribution is -0.134. The van der Waals surface area contributed by atoms with Crippen LogP contribution in [-0.4, -0.2) is 49.9 Å². The topological polar surface area (TPSA) is 66.9 Å². The Labute approximate surface area is 209 Å². The van der Waals surface area contributed by atoms with Crippen molar-refractivity contribution < 1.29 is 19.1 Å². The normalized spacial score (nSPS) is 19.1. The third kappa shape index (κ3) is 6.85. The first-order valence-electron chi connectivity index (χ1n) is 12.1. The predicted molar refractivity (Wildman–Crippen MR) is 138 cm³/mol. The molecule has 188 valence electrons. The summed E-state index contributed by atoms with van der Waals surface area (Å²) in [6, 6.07) is 1.04. The van der Waals surface area contributed by atoms with E-state index in [1.807, 2.05) is 34.6 Å². The van der Waals surface area contributed by atoms with Crippen molar-refractivity contribution in [3.63, 3.8) is 0 Å². The number of hydrogen-bond donors (Lipinski definition) is 0. The zero-order valence-electron chi connectivity index (χ0n) is 22.2. The van der Waals surface area contributed by atoms with Crippen molar-refractivity contribution in [3.8, 4) is 11.8 Å². The number of esters is 1. The second-order valence-corrected chi connectivity index (χ2v) is 12.0. The molecule has 1 saturated carbocycles. The number of methoxy groups -OCH3 is 1. The lowest BCUT2D eigenvalue weighted by Gasteiger charge is -2.38. The number of hydrogen-bond acceptors (Lipinski definition) is 5. The van der Waals surface area contributed by atoms with Crippen LogP contribution in [0.15, 0.2) is 6.07 Å². The zero-order valence-corrected chi connectivity index (χ0v) is 23.0. The van der Waals surface area contributed by atoms with E-state index in [0.717, 1.165) is 25.7 Å². The number of likely N-dealkylation sites (N-methyl/N-ethyl adjacent to an activating group) is 1. The largest absolute Gasteiger partial charge is 0.465 e. The van der Waals surface area contributed by atoms with Gasteiger partial charge in [0.15, 0.2) is 0 Å². The van der Waals surface area contributed by atoms with Crippen LogP contribution in [0.25, 0.3) is 0 Å². The molecule has 0 spiro atoms. The molecule has 0 N–H and O–H groups in total. The van der Waals surface area contributed by atoms with Crippen LogP contribution in [0.1, 0.15) is 81.8 Å². The Morgan fingerprint density at radius 3 is 2.18 bits per heavy atom. The summed E-state index contributed by atoms with van der Waals surface area (Å²) in [6.45, 7) is 12.1. The summed E-state index contributed by atoms with van der Waals surface area (Å²) >= 11 is 1.21. The Hall–Kier alpha value is -2.33. The average molecular weight is 489 g/mol. The highest BCUT2D eigenvalue weighted by Crippen LogP contribution is 2.38. The minimum Gasteiger partial charge on any atom is -0.465 e. The summed E-state index contributed by atoms with van der Waals surface area (Å²) in [7, 11) is 4.71. The van der Waals surface area contributed by atoms with Crippen LogP contribution >= 0.6 is 11.3 Å². The number of thiophene rings is 1. The van der Waals surface area contributed by atoms with Gasteiger partial charge in [-0.1, -0.05) is 32.6 Å². The fourth-order valence-electron chi connectivity index (χ4n) is 4.18. The SMILES string of the molecule is COC(=O)c1sc(C#CC(C)(C)C)cc1N(C(=O)[C@H]1CC[C@H](C)CC1)[C@@H](C(=O)N(C)C)C(C)C.